The van der Waals surface area contributed by atoms with Gasteiger partial charge in [0.25, 0.3) is 0 Å². The Bertz CT molecular complexity index is 378. The van der Waals surface area contributed by atoms with Crippen molar-refractivity contribution in [1.82, 2.24) is 0 Å². The molecule has 0 aliphatic heterocycles. The van der Waals surface area contributed by atoms with Gasteiger partial charge in [-0.1, -0.05) is 26.2 Å². The summed E-state index contributed by atoms with van der Waals surface area (Å²) >= 11 is 0. The molecule has 3 heteroatoms. The Balaban J connectivity index is 2.05. The normalized spacial score (nSPS) is 24.6. The lowest BCUT2D eigenvalue weighted by Gasteiger charge is -2.32. The van der Waals surface area contributed by atoms with Gasteiger partial charge in [0, 0.05) is 17.8 Å². The zero-order valence-electron chi connectivity index (χ0n) is 10.2. The van der Waals surface area contributed by atoms with Gasteiger partial charge < -0.3 is 5.32 Å². The summed E-state index contributed by atoms with van der Waals surface area (Å²) < 4.78 is 25.9. The van der Waals surface area contributed by atoms with Crippen molar-refractivity contribution in [3.8, 4) is 0 Å². The first kappa shape index (κ1) is 12.3. The minimum atomic E-state index is -0.786. The molecule has 1 N–H and O–H groups in total. The fourth-order valence-electron chi connectivity index (χ4n) is 2.69. The van der Waals surface area contributed by atoms with Crippen LogP contribution in [0.2, 0.25) is 0 Å². The van der Waals surface area contributed by atoms with Gasteiger partial charge in [-0.2, -0.15) is 0 Å². The molecule has 2 atom stereocenters. The third kappa shape index (κ3) is 2.96. The summed E-state index contributed by atoms with van der Waals surface area (Å²) in [6.45, 7) is 2.19. The lowest BCUT2D eigenvalue weighted by atomic mass is 9.83. The maximum Gasteiger partial charge on any atom is 0.160 e. The number of halogens is 2. The van der Waals surface area contributed by atoms with Gasteiger partial charge in [0.2, 0.25) is 0 Å². The largest absolute Gasteiger partial charge is 0.382 e. The van der Waals surface area contributed by atoms with Crippen LogP contribution in [0.15, 0.2) is 18.2 Å². The molecule has 0 heterocycles. The second kappa shape index (κ2) is 5.48. The number of hydrogen-bond donors (Lipinski definition) is 1. The topological polar surface area (TPSA) is 12.0 Å². The van der Waals surface area contributed by atoms with Gasteiger partial charge in [0.15, 0.2) is 11.6 Å². The van der Waals surface area contributed by atoms with E-state index in [4.69, 9.17) is 0 Å². The monoisotopic (exact) mass is 239 g/mol. The molecule has 0 saturated heterocycles. The SMILES string of the molecule is CCC1CCCCC1Nc1ccc(F)c(F)c1. The minimum absolute atomic E-state index is 0.401. The van der Waals surface area contributed by atoms with Crippen molar-refractivity contribution in [2.75, 3.05) is 5.32 Å². The van der Waals surface area contributed by atoms with Crippen molar-refractivity contribution in [3.63, 3.8) is 0 Å². The van der Waals surface area contributed by atoms with Crippen LogP contribution >= 0.6 is 0 Å². The summed E-state index contributed by atoms with van der Waals surface area (Å²) in [4.78, 5) is 0. The van der Waals surface area contributed by atoms with E-state index in [0.717, 1.165) is 12.8 Å². The van der Waals surface area contributed by atoms with Crippen molar-refractivity contribution in [1.29, 1.82) is 0 Å². The lowest BCUT2D eigenvalue weighted by Crippen LogP contribution is -2.31. The van der Waals surface area contributed by atoms with Crippen LogP contribution in [0.5, 0.6) is 0 Å². The van der Waals surface area contributed by atoms with Crippen molar-refractivity contribution < 1.29 is 8.78 Å². The predicted molar refractivity (Wildman–Crippen MR) is 66.0 cm³/mol. The van der Waals surface area contributed by atoms with E-state index in [0.29, 0.717) is 17.6 Å². The molecular formula is C14H19F2N. The van der Waals surface area contributed by atoms with Crippen LogP contribution in [-0.2, 0) is 0 Å². The van der Waals surface area contributed by atoms with Gasteiger partial charge in [-0.05, 0) is 30.9 Å². The Morgan fingerprint density at radius 2 is 1.94 bits per heavy atom. The number of nitrogens with one attached hydrogen (secondary N) is 1. The Kier molecular flexibility index (Phi) is 3.97. The van der Waals surface area contributed by atoms with Gasteiger partial charge in [-0.25, -0.2) is 8.78 Å². The molecule has 1 aliphatic rings. The highest BCUT2D eigenvalue weighted by atomic mass is 19.2. The molecule has 1 nitrogen and oxygen atoms in total. The maximum atomic E-state index is 13.1. The number of rotatable bonds is 3. The summed E-state index contributed by atoms with van der Waals surface area (Å²) in [5, 5.41) is 3.34. The Hall–Kier alpha value is -1.12. The number of benzene rings is 1. The van der Waals surface area contributed by atoms with E-state index < -0.39 is 11.6 Å². The average Bonchev–Trinajstić information content (AvgIpc) is 2.34. The van der Waals surface area contributed by atoms with E-state index >= 15 is 0 Å². The third-order valence-corrected chi connectivity index (χ3v) is 3.71. The predicted octanol–water partition coefficient (Wildman–Crippen LogP) is 4.35. The van der Waals surface area contributed by atoms with Crippen molar-refractivity contribution in [2.24, 2.45) is 5.92 Å². The molecule has 94 valence electrons. The molecule has 1 aromatic carbocycles. The summed E-state index contributed by atoms with van der Waals surface area (Å²) in [6.07, 6.45) is 6.00. The van der Waals surface area contributed by atoms with E-state index in [9.17, 15) is 8.78 Å². The van der Waals surface area contributed by atoms with Gasteiger partial charge in [0.05, 0.1) is 0 Å². The molecule has 1 saturated carbocycles. The fourth-order valence-corrected chi connectivity index (χ4v) is 2.69. The molecule has 1 fully saturated rings. The van der Waals surface area contributed by atoms with Gasteiger partial charge in [-0.3, -0.25) is 0 Å². The highest BCUT2D eigenvalue weighted by Gasteiger charge is 2.23. The second-order valence-corrected chi connectivity index (χ2v) is 4.83. The minimum Gasteiger partial charge on any atom is -0.382 e. The van der Waals surface area contributed by atoms with E-state index in [1.165, 1.54) is 31.4 Å². The van der Waals surface area contributed by atoms with Gasteiger partial charge in [0.1, 0.15) is 0 Å². The van der Waals surface area contributed by atoms with Gasteiger partial charge >= 0.3 is 0 Å². The van der Waals surface area contributed by atoms with Crippen LogP contribution in [0.3, 0.4) is 0 Å². The molecule has 0 radical (unpaired) electrons. The number of hydrogen-bond acceptors (Lipinski definition) is 1. The van der Waals surface area contributed by atoms with E-state index in [2.05, 4.69) is 12.2 Å². The van der Waals surface area contributed by atoms with Gasteiger partial charge in [-0.15, -0.1) is 0 Å². The van der Waals surface area contributed by atoms with Crippen LogP contribution in [0.1, 0.15) is 39.0 Å². The molecule has 0 bridgehead atoms. The molecule has 17 heavy (non-hydrogen) atoms. The first-order chi connectivity index (χ1) is 8.20. The fraction of sp³-hybridized carbons (Fsp3) is 0.571. The summed E-state index contributed by atoms with van der Waals surface area (Å²) in [5.74, 6) is -0.915. The lowest BCUT2D eigenvalue weighted by molar-refractivity contribution is 0.317. The average molecular weight is 239 g/mol. The molecule has 1 aromatic rings. The van der Waals surface area contributed by atoms with Crippen LogP contribution < -0.4 is 5.32 Å². The smallest absolute Gasteiger partial charge is 0.160 e. The molecule has 0 aromatic heterocycles. The first-order valence-electron chi connectivity index (χ1n) is 6.42. The quantitative estimate of drug-likeness (QED) is 0.827. The molecule has 1 aliphatic carbocycles. The van der Waals surface area contributed by atoms with Crippen LogP contribution in [0.4, 0.5) is 14.5 Å². The van der Waals surface area contributed by atoms with Crippen molar-refractivity contribution in [2.45, 2.75) is 45.1 Å². The maximum absolute atomic E-state index is 13.1. The van der Waals surface area contributed by atoms with Crippen molar-refractivity contribution >= 4 is 5.69 Å². The van der Waals surface area contributed by atoms with E-state index in [1.807, 2.05) is 0 Å². The summed E-state index contributed by atoms with van der Waals surface area (Å²) in [7, 11) is 0. The Morgan fingerprint density at radius 3 is 2.65 bits per heavy atom. The van der Waals surface area contributed by atoms with Crippen LogP contribution in [-0.4, -0.2) is 6.04 Å². The first-order valence-corrected chi connectivity index (χ1v) is 6.42. The highest BCUT2D eigenvalue weighted by molar-refractivity contribution is 5.44. The number of anilines is 1. The molecule has 0 amide bonds. The van der Waals surface area contributed by atoms with E-state index in [-0.39, 0.29) is 0 Å². The molecule has 2 rings (SSSR count). The molecule has 2 unspecified atom stereocenters. The second-order valence-electron chi connectivity index (χ2n) is 4.83. The Morgan fingerprint density at radius 1 is 1.18 bits per heavy atom. The molecular weight excluding hydrogens is 220 g/mol. The zero-order valence-corrected chi connectivity index (χ0v) is 10.2. The Labute approximate surface area is 101 Å². The standard InChI is InChI=1S/C14H19F2N/c1-2-10-5-3-4-6-14(10)17-11-7-8-12(15)13(16)9-11/h7-10,14,17H,2-6H2,1H3. The van der Waals surface area contributed by atoms with Crippen LogP contribution in [0, 0.1) is 17.6 Å². The summed E-state index contributed by atoms with van der Waals surface area (Å²) in [6, 6.07) is 4.44. The zero-order chi connectivity index (χ0) is 12.3. The third-order valence-electron chi connectivity index (χ3n) is 3.71. The van der Waals surface area contributed by atoms with Crippen molar-refractivity contribution in [3.05, 3.63) is 29.8 Å². The summed E-state index contributed by atoms with van der Waals surface area (Å²) in [5.41, 5.74) is 0.689. The van der Waals surface area contributed by atoms with E-state index in [1.54, 1.807) is 6.07 Å². The highest BCUT2D eigenvalue weighted by Crippen LogP contribution is 2.29. The molecule has 0 spiro atoms. The van der Waals surface area contributed by atoms with Crippen LogP contribution in [0.25, 0.3) is 0 Å².